The van der Waals surface area contributed by atoms with Crippen molar-refractivity contribution in [2.45, 2.75) is 49.6 Å². The number of nitrogens with zero attached hydrogens (tertiary/aromatic N) is 1. The number of ketones is 1. The van der Waals surface area contributed by atoms with E-state index in [9.17, 15) is 35.9 Å². The van der Waals surface area contributed by atoms with Gasteiger partial charge in [-0.15, -0.1) is 0 Å². The van der Waals surface area contributed by atoms with Crippen LogP contribution in [0.25, 0.3) is 0 Å². The number of nitrogens with two attached hydrogens (primary N) is 1. The van der Waals surface area contributed by atoms with Crippen LogP contribution in [0.15, 0.2) is 60.9 Å². The SMILES string of the molecule is N[C@H](C(=O)Cc1cncc(F)c1CC[C@@H]1CNC[C@@H](COC(=O)NCC(F)(F)F)O1)C(c1ccc(F)cc1)c1ccc(F)cc1. The van der Waals surface area contributed by atoms with E-state index in [1.807, 2.05) is 0 Å². The van der Waals surface area contributed by atoms with Crippen LogP contribution in [0.1, 0.15) is 34.6 Å². The lowest BCUT2D eigenvalue weighted by Gasteiger charge is -2.31. The van der Waals surface area contributed by atoms with Crippen LogP contribution in [0.3, 0.4) is 0 Å². The maximum atomic E-state index is 15.0. The van der Waals surface area contributed by atoms with Gasteiger partial charge in [-0.25, -0.2) is 18.0 Å². The van der Waals surface area contributed by atoms with Crippen molar-refractivity contribution in [3.63, 3.8) is 0 Å². The summed E-state index contributed by atoms with van der Waals surface area (Å²) in [5.41, 5.74) is 8.09. The highest BCUT2D eigenvalue weighted by atomic mass is 19.4. The summed E-state index contributed by atoms with van der Waals surface area (Å²) in [6, 6.07) is 9.79. The molecule has 1 aliphatic heterocycles. The minimum atomic E-state index is -4.57. The Kier molecular flexibility index (Phi) is 11.5. The number of nitrogens with one attached hydrogen (secondary N) is 2. The molecular formula is C31H32F6N4O4. The van der Waals surface area contributed by atoms with E-state index in [0.717, 1.165) is 6.20 Å². The Hall–Kier alpha value is -4.01. The largest absolute Gasteiger partial charge is 0.447 e. The third-order valence-corrected chi connectivity index (χ3v) is 7.33. The van der Waals surface area contributed by atoms with Gasteiger partial charge < -0.3 is 25.8 Å². The summed E-state index contributed by atoms with van der Waals surface area (Å²) in [7, 11) is 0. The standard InChI is InChI=1S/C31H32F6N4O4/c32-21-5-1-18(2-6-21)28(19-3-7-22(33)8-4-19)29(38)27(42)11-20-12-39-15-26(34)25(20)10-9-23-13-40-14-24(45-23)16-44-30(43)41-17-31(35,36)37/h1-8,12,15,23-24,28-29,40H,9-11,13-14,16-17,38H2,(H,41,43)/t23-,24+,29-/m1/s1. The molecule has 3 atom stereocenters. The first-order valence-corrected chi connectivity index (χ1v) is 14.1. The van der Waals surface area contributed by atoms with Gasteiger partial charge in [0, 0.05) is 31.6 Å². The highest BCUT2D eigenvalue weighted by Gasteiger charge is 2.30. The zero-order valence-electron chi connectivity index (χ0n) is 24.0. The Labute approximate surface area is 255 Å². The van der Waals surface area contributed by atoms with E-state index in [2.05, 4.69) is 10.3 Å². The summed E-state index contributed by atoms with van der Waals surface area (Å²) in [6.07, 6.45) is -4.30. The summed E-state index contributed by atoms with van der Waals surface area (Å²) in [5.74, 6) is -2.77. The summed E-state index contributed by atoms with van der Waals surface area (Å²) >= 11 is 0. The minimum absolute atomic E-state index is 0.150. The van der Waals surface area contributed by atoms with Gasteiger partial charge in [-0.2, -0.15) is 13.2 Å². The molecule has 1 amide bonds. The maximum Gasteiger partial charge on any atom is 0.407 e. The fraction of sp³-hybridized carbons (Fsp3) is 0.387. The number of ether oxygens (including phenoxy) is 2. The Morgan fingerprint density at radius 1 is 0.978 bits per heavy atom. The highest BCUT2D eigenvalue weighted by molar-refractivity contribution is 5.87. The third-order valence-electron chi connectivity index (χ3n) is 7.33. The van der Waals surface area contributed by atoms with Crippen LogP contribution >= 0.6 is 0 Å². The van der Waals surface area contributed by atoms with Gasteiger partial charge in [-0.1, -0.05) is 24.3 Å². The number of hydrogen-bond donors (Lipinski definition) is 3. The maximum absolute atomic E-state index is 15.0. The molecule has 0 saturated carbocycles. The van der Waals surface area contributed by atoms with Crippen LogP contribution in [0.5, 0.6) is 0 Å². The van der Waals surface area contributed by atoms with Crippen molar-refractivity contribution in [1.29, 1.82) is 0 Å². The van der Waals surface area contributed by atoms with E-state index in [1.54, 1.807) is 5.32 Å². The van der Waals surface area contributed by atoms with Crippen LogP contribution < -0.4 is 16.4 Å². The number of alkyl halides is 3. The second-order valence-corrected chi connectivity index (χ2v) is 10.7. The zero-order valence-corrected chi connectivity index (χ0v) is 24.0. The lowest BCUT2D eigenvalue weighted by molar-refractivity contribution is -0.124. The lowest BCUT2D eigenvalue weighted by Crippen LogP contribution is -2.47. The smallest absolute Gasteiger partial charge is 0.407 e. The van der Waals surface area contributed by atoms with Crippen molar-refractivity contribution in [2.75, 3.05) is 26.2 Å². The van der Waals surface area contributed by atoms with E-state index >= 15 is 0 Å². The summed E-state index contributed by atoms with van der Waals surface area (Å²) in [4.78, 5) is 28.9. The van der Waals surface area contributed by atoms with E-state index in [1.165, 1.54) is 54.7 Å². The van der Waals surface area contributed by atoms with Crippen LogP contribution in [-0.2, 0) is 27.1 Å². The summed E-state index contributed by atoms with van der Waals surface area (Å²) < 4.78 is 89.8. The van der Waals surface area contributed by atoms with Crippen LogP contribution in [0.2, 0.25) is 0 Å². The van der Waals surface area contributed by atoms with Crippen molar-refractivity contribution in [2.24, 2.45) is 5.73 Å². The van der Waals surface area contributed by atoms with Gasteiger partial charge in [0.2, 0.25) is 0 Å². The summed E-state index contributed by atoms with van der Waals surface area (Å²) in [6.45, 7) is -1.14. The first-order valence-electron chi connectivity index (χ1n) is 14.1. The monoisotopic (exact) mass is 638 g/mol. The Morgan fingerprint density at radius 3 is 2.18 bits per heavy atom. The molecule has 3 aromatic rings. The molecule has 4 N–H and O–H groups in total. The Morgan fingerprint density at radius 2 is 1.58 bits per heavy atom. The molecule has 242 valence electrons. The normalized spacial score (nSPS) is 17.6. The lowest BCUT2D eigenvalue weighted by atomic mass is 9.82. The first-order chi connectivity index (χ1) is 21.4. The number of alkyl carbamates (subject to hydrolysis) is 1. The number of rotatable bonds is 12. The molecule has 4 rings (SSSR count). The molecule has 14 heteroatoms. The first kappa shape index (κ1) is 33.9. The van der Waals surface area contributed by atoms with Gasteiger partial charge in [0.15, 0.2) is 5.78 Å². The zero-order chi connectivity index (χ0) is 32.6. The molecule has 45 heavy (non-hydrogen) atoms. The fourth-order valence-corrected chi connectivity index (χ4v) is 5.11. The number of benzene rings is 2. The number of aromatic nitrogens is 1. The van der Waals surface area contributed by atoms with Crippen molar-refractivity contribution < 1.29 is 45.4 Å². The molecule has 2 aromatic carbocycles. The van der Waals surface area contributed by atoms with Crippen LogP contribution in [0.4, 0.5) is 31.1 Å². The van der Waals surface area contributed by atoms with Crippen molar-refractivity contribution in [3.05, 3.63) is 101 Å². The number of carbonyl (C=O) groups excluding carboxylic acids is 2. The third kappa shape index (κ3) is 9.99. The number of hydrogen-bond acceptors (Lipinski definition) is 7. The summed E-state index contributed by atoms with van der Waals surface area (Å²) in [5, 5.41) is 4.70. The molecule has 0 bridgehead atoms. The van der Waals surface area contributed by atoms with Crippen molar-refractivity contribution in [3.8, 4) is 0 Å². The quantitative estimate of drug-likeness (QED) is 0.253. The number of amides is 1. The predicted molar refractivity (Wildman–Crippen MR) is 151 cm³/mol. The molecular weight excluding hydrogens is 606 g/mol. The highest BCUT2D eigenvalue weighted by Crippen LogP contribution is 2.29. The predicted octanol–water partition coefficient (Wildman–Crippen LogP) is 4.35. The molecule has 0 unspecified atom stereocenters. The molecule has 1 aromatic heterocycles. The van der Waals surface area contributed by atoms with Crippen LogP contribution in [-0.4, -0.2) is 67.5 Å². The Bertz CT molecular complexity index is 1390. The van der Waals surface area contributed by atoms with E-state index < -0.39 is 66.2 Å². The fourth-order valence-electron chi connectivity index (χ4n) is 5.11. The van der Waals surface area contributed by atoms with Crippen molar-refractivity contribution >= 4 is 11.9 Å². The van der Waals surface area contributed by atoms with Gasteiger partial charge in [-0.3, -0.25) is 9.78 Å². The van der Waals surface area contributed by atoms with Crippen molar-refractivity contribution in [1.82, 2.24) is 15.6 Å². The van der Waals surface area contributed by atoms with Gasteiger partial charge >= 0.3 is 12.3 Å². The second-order valence-electron chi connectivity index (χ2n) is 10.7. The number of halogens is 6. The van der Waals surface area contributed by atoms with E-state index in [4.69, 9.17) is 15.2 Å². The average Bonchev–Trinajstić information content (AvgIpc) is 3.00. The van der Waals surface area contributed by atoms with Gasteiger partial charge in [0.25, 0.3) is 0 Å². The van der Waals surface area contributed by atoms with E-state index in [-0.39, 0.29) is 31.6 Å². The molecule has 1 saturated heterocycles. The second kappa shape index (κ2) is 15.3. The van der Waals surface area contributed by atoms with Gasteiger partial charge in [0.1, 0.15) is 36.7 Å². The topological polar surface area (TPSA) is 116 Å². The van der Waals surface area contributed by atoms with Gasteiger partial charge in [-0.05, 0) is 59.4 Å². The minimum Gasteiger partial charge on any atom is -0.447 e. The van der Waals surface area contributed by atoms with Crippen LogP contribution in [0, 0.1) is 17.5 Å². The molecule has 1 fully saturated rings. The number of pyridine rings is 1. The molecule has 1 aliphatic rings. The average molecular weight is 639 g/mol. The molecule has 0 spiro atoms. The molecule has 0 radical (unpaired) electrons. The number of Topliss-reactive ketones (excluding diaryl/α,β-unsaturated/α-hetero) is 1. The molecule has 0 aliphatic carbocycles. The number of morpholine rings is 1. The molecule has 8 nitrogen and oxygen atoms in total. The number of carbonyl (C=O) groups is 2. The molecule has 2 heterocycles. The van der Waals surface area contributed by atoms with E-state index in [0.29, 0.717) is 29.7 Å². The van der Waals surface area contributed by atoms with Gasteiger partial charge in [0.05, 0.1) is 18.3 Å². The Balaban J connectivity index is 1.40.